The molecule has 0 aromatic heterocycles. The molecule has 5 nitrogen and oxygen atoms in total. The van der Waals surface area contributed by atoms with Crippen LogP contribution in [0.1, 0.15) is 45.6 Å². The number of hydrogen-bond acceptors (Lipinski definition) is 3. The molecule has 1 atom stereocenters. The van der Waals surface area contributed by atoms with Gasteiger partial charge in [-0.25, -0.2) is 0 Å². The molecular weight excluding hydrogens is 350 g/mol. The third-order valence-electron chi connectivity index (χ3n) is 5.71. The van der Waals surface area contributed by atoms with Crippen molar-refractivity contribution >= 4 is 29.9 Å². The quantitative estimate of drug-likeness (QED) is 0.825. The summed E-state index contributed by atoms with van der Waals surface area (Å²) in [5.41, 5.74) is 2.17. The number of carbonyl (C=O) groups is 2. The van der Waals surface area contributed by atoms with E-state index in [0.717, 1.165) is 43.6 Å². The second-order valence-electron chi connectivity index (χ2n) is 7.80. The molecule has 3 rings (SSSR count). The average Bonchev–Trinajstić information content (AvgIpc) is 3.27. The minimum Gasteiger partial charge on any atom is -0.336 e. The molecule has 26 heavy (non-hydrogen) atoms. The number of rotatable bonds is 5. The van der Waals surface area contributed by atoms with E-state index >= 15 is 0 Å². The van der Waals surface area contributed by atoms with Crippen LogP contribution in [0.25, 0.3) is 0 Å². The van der Waals surface area contributed by atoms with Gasteiger partial charge in [-0.1, -0.05) is 12.1 Å². The molecule has 1 spiro atoms. The van der Waals surface area contributed by atoms with Crippen LogP contribution in [0.15, 0.2) is 24.3 Å². The molecule has 1 saturated heterocycles. The highest BCUT2D eigenvalue weighted by Crippen LogP contribution is 2.58. The second-order valence-corrected chi connectivity index (χ2v) is 7.80. The van der Waals surface area contributed by atoms with E-state index in [9.17, 15) is 9.59 Å². The van der Waals surface area contributed by atoms with Gasteiger partial charge in [0.1, 0.15) is 0 Å². The lowest BCUT2D eigenvalue weighted by Crippen LogP contribution is -2.34. The lowest BCUT2D eigenvalue weighted by atomic mass is 9.92. The Labute approximate surface area is 162 Å². The minimum atomic E-state index is 0. The first-order chi connectivity index (χ1) is 11.9. The van der Waals surface area contributed by atoms with Crippen molar-refractivity contribution in [3.8, 4) is 0 Å². The third-order valence-corrected chi connectivity index (χ3v) is 5.71. The highest BCUT2D eigenvalue weighted by atomic mass is 35.5. The molecular formula is C20H30ClN3O2. The number of amides is 2. The Morgan fingerprint density at radius 2 is 1.85 bits per heavy atom. The second kappa shape index (κ2) is 8.40. The number of hydrogen-bond donors (Lipinski definition) is 2. The first-order valence-electron chi connectivity index (χ1n) is 9.29. The number of carbonyl (C=O) groups excluding carboxylic acids is 2. The Morgan fingerprint density at radius 1 is 1.23 bits per heavy atom. The van der Waals surface area contributed by atoms with Crippen molar-refractivity contribution < 1.29 is 9.59 Å². The van der Waals surface area contributed by atoms with Crippen LogP contribution in [0, 0.1) is 11.3 Å². The van der Waals surface area contributed by atoms with Gasteiger partial charge in [0.15, 0.2) is 0 Å². The Kier molecular flexibility index (Phi) is 6.69. The van der Waals surface area contributed by atoms with Gasteiger partial charge in [0.25, 0.3) is 0 Å². The molecule has 1 aromatic carbocycles. The zero-order chi connectivity index (χ0) is 18.0. The predicted molar refractivity (Wildman–Crippen MR) is 106 cm³/mol. The van der Waals surface area contributed by atoms with E-state index in [0.29, 0.717) is 6.54 Å². The first-order valence-corrected chi connectivity index (χ1v) is 9.29. The lowest BCUT2D eigenvalue weighted by Gasteiger charge is -2.25. The molecule has 6 heteroatoms. The van der Waals surface area contributed by atoms with Crippen LogP contribution in [0.5, 0.6) is 0 Å². The van der Waals surface area contributed by atoms with Crippen molar-refractivity contribution in [2.45, 2.75) is 52.6 Å². The molecule has 0 bridgehead atoms. The van der Waals surface area contributed by atoms with E-state index in [1.165, 1.54) is 0 Å². The van der Waals surface area contributed by atoms with Crippen molar-refractivity contribution in [2.24, 2.45) is 11.3 Å². The molecule has 1 aliphatic carbocycles. The fraction of sp³-hybridized carbons (Fsp3) is 0.600. The van der Waals surface area contributed by atoms with Gasteiger partial charge in [0, 0.05) is 31.1 Å². The maximum atomic E-state index is 12.5. The fourth-order valence-electron chi connectivity index (χ4n) is 3.97. The Morgan fingerprint density at radius 3 is 2.38 bits per heavy atom. The lowest BCUT2D eigenvalue weighted by molar-refractivity contribution is -0.131. The summed E-state index contributed by atoms with van der Waals surface area (Å²) in [4.78, 5) is 26.0. The molecule has 2 aliphatic rings. The van der Waals surface area contributed by atoms with E-state index in [-0.39, 0.29) is 41.6 Å². The summed E-state index contributed by atoms with van der Waals surface area (Å²) in [5.74, 6) is 0.402. The van der Waals surface area contributed by atoms with Crippen molar-refractivity contribution in [3.05, 3.63) is 29.8 Å². The van der Waals surface area contributed by atoms with Crippen LogP contribution in [0.3, 0.4) is 0 Å². The summed E-state index contributed by atoms with van der Waals surface area (Å²) in [6.07, 6.45) is 3.25. The van der Waals surface area contributed by atoms with Crippen molar-refractivity contribution in [2.75, 3.05) is 18.4 Å². The number of piperidine rings is 1. The van der Waals surface area contributed by atoms with E-state index in [1.54, 1.807) is 6.92 Å². The van der Waals surface area contributed by atoms with Crippen LogP contribution in [-0.4, -0.2) is 35.8 Å². The van der Waals surface area contributed by atoms with Crippen molar-refractivity contribution in [1.82, 2.24) is 10.2 Å². The molecule has 1 aliphatic heterocycles. The normalized spacial score (nSPS) is 20.4. The van der Waals surface area contributed by atoms with Gasteiger partial charge in [-0.3, -0.25) is 9.59 Å². The summed E-state index contributed by atoms with van der Waals surface area (Å²) in [6, 6.07) is 8.02. The maximum Gasteiger partial charge on any atom is 0.228 e. The smallest absolute Gasteiger partial charge is 0.228 e. The fourth-order valence-corrected chi connectivity index (χ4v) is 3.97. The highest BCUT2D eigenvalue weighted by molar-refractivity contribution is 5.95. The summed E-state index contributed by atoms with van der Waals surface area (Å²) in [5, 5.41) is 6.43. The Balaban J connectivity index is 0.00000243. The molecule has 2 amide bonds. The number of benzene rings is 1. The van der Waals surface area contributed by atoms with Gasteiger partial charge in [-0.15, -0.1) is 12.4 Å². The van der Waals surface area contributed by atoms with Gasteiger partial charge in [-0.2, -0.15) is 0 Å². The standard InChI is InChI=1S/C20H29N3O2.ClH/c1-14(2)23(15(3)24)13-16-4-6-17(7-5-16)22-19(25)18-12-20(18)8-10-21-11-9-20;/h4-7,14,18,21H,8-13H2,1-3H3,(H,22,25);1H. The van der Waals surface area contributed by atoms with Gasteiger partial charge in [0.05, 0.1) is 0 Å². The summed E-state index contributed by atoms with van der Waals surface area (Å²) >= 11 is 0. The zero-order valence-corrected chi connectivity index (χ0v) is 16.7. The monoisotopic (exact) mass is 379 g/mol. The van der Waals surface area contributed by atoms with Crippen LogP contribution in [0.2, 0.25) is 0 Å². The number of nitrogens with one attached hydrogen (secondary N) is 2. The largest absolute Gasteiger partial charge is 0.336 e. The van der Waals surface area contributed by atoms with Crippen LogP contribution in [0.4, 0.5) is 5.69 Å². The van der Waals surface area contributed by atoms with E-state index in [1.807, 2.05) is 43.0 Å². The van der Waals surface area contributed by atoms with Gasteiger partial charge in [-0.05, 0) is 69.3 Å². The molecule has 1 saturated carbocycles. The predicted octanol–water partition coefficient (Wildman–Crippen LogP) is 3.19. The number of halogens is 1. The minimum absolute atomic E-state index is 0. The molecule has 1 heterocycles. The number of nitrogens with zero attached hydrogens (tertiary/aromatic N) is 1. The van der Waals surface area contributed by atoms with Crippen molar-refractivity contribution in [1.29, 1.82) is 0 Å². The van der Waals surface area contributed by atoms with E-state index < -0.39 is 0 Å². The van der Waals surface area contributed by atoms with Crippen molar-refractivity contribution in [3.63, 3.8) is 0 Å². The first kappa shape index (κ1) is 20.7. The summed E-state index contributed by atoms with van der Waals surface area (Å²) < 4.78 is 0. The van der Waals surface area contributed by atoms with Gasteiger partial charge < -0.3 is 15.5 Å². The third kappa shape index (κ3) is 4.57. The molecule has 2 N–H and O–H groups in total. The summed E-state index contributed by atoms with van der Waals surface area (Å²) in [7, 11) is 0. The van der Waals surface area contributed by atoms with Crippen LogP contribution < -0.4 is 10.6 Å². The summed E-state index contributed by atoms with van der Waals surface area (Å²) in [6.45, 7) is 8.28. The molecule has 1 unspecified atom stereocenters. The Hall–Kier alpha value is -1.59. The topological polar surface area (TPSA) is 61.4 Å². The van der Waals surface area contributed by atoms with Crippen LogP contribution >= 0.6 is 12.4 Å². The van der Waals surface area contributed by atoms with E-state index in [2.05, 4.69) is 10.6 Å². The van der Waals surface area contributed by atoms with Gasteiger partial charge in [0.2, 0.25) is 11.8 Å². The SMILES string of the molecule is CC(=O)N(Cc1ccc(NC(=O)C2CC23CCNCC3)cc1)C(C)C.Cl. The highest BCUT2D eigenvalue weighted by Gasteiger charge is 2.57. The average molecular weight is 380 g/mol. The van der Waals surface area contributed by atoms with E-state index in [4.69, 9.17) is 0 Å². The molecule has 2 fully saturated rings. The van der Waals surface area contributed by atoms with Gasteiger partial charge >= 0.3 is 0 Å². The Bertz CT molecular complexity index is 639. The maximum absolute atomic E-state index is 12.5. The zero-order valence-electron chi connectivity index (χ0n) is 15.9. The van der Waals surface area contributed by atoms with Crippen LogP contribution in [-0.2, 0) is 16.1 Å². The molecule has 0 radical (unpaired) electrons. The molecule has 1 aromatic rings. The molecule has 144 valence electrons. The number of anilines is 1.